The number of benzene rings is 1. The SMILES string of the molecule is O=C1CCC(C(=O)N2CCC3(CCCN(CCCc4ccccc4)C3)C2)=NN1. The topological polar surface area (TPSA) is 65.0 Å². The number of hydrogen-bond donors (Lipinski definition) is 1. The molecule has 2 amide bonds. The Kier molecular flexibility index (Phi) is 5.76. The molecule has 1 unspecified atom stereocenters. The Hall–Kier alpha value is -2.21. The predicted octanol–water partition coefficient (Wildman–Crippen LogP) is 2.20. The van der Waals surface area contributed by atoms with Gasteiger partial charge in [0.05, 0.1) is 0 Å². The van der Waals surface area contributed by atoms with Gasteiger partial charge in [-0.15, -0.1) is 0 Å². The Labute approximate surface area is 167 Å². The molecule has 1 atom stereocenters. The second-order valence-corrected chi connectivity index (χ2v) is 8.54. The number of nitrogens with one attached hydrogen (secondary N) is 1. The number of likely N-dealkylation sites (tertiary alicyclic amines) is 2. The van der Waals surface area contributed by atoms with Gasteiger partial charge in [-0.2, -0.15) is 5.10 Å². The molecule has 1 N–H and O–H groups in total. The number of piperidine rings is 1. The predicted molar refractivity (Wildman–Crippen MR) is 109 cm³/mol. The Morgan fingerprint density at radius 1 is 1.11 bits per heavy atom. The van der Waals surface area contributed by atoms with Crippen LogP contribution in [-0.4, -0.2) is 60.0 Å². The van der Waals surface area contributed by atoms with Crippen molar-refractivity contribution in [2.24, 2.45) is 10.5 Å². The molecule has 0 radical (unpaired) electrons. The molecular formula is C22H30N4O2. The molecule has 28 heavy (non-hydrogen) atoms. The molecule has 0 aromatic heterocycles. The van der Waals surface area contributed by atoms with Gasteiger partial charge in [0.1, 0.15) is 5.71 Å². The molecule has 0 saturated carbocycles. The van der Waals surface area contributed by atoms with Crippen LogP contribution in [0.1, 0.15) is 44.1 Å². The molecule has 3 aliphatic rings. The van der Waals surface area contributed by atoms with Crippen molar-refractivity contribution < 1.29 is 9.59 Å². The van der Waals surface area contributed by atoms with Crippen LogP contribution >= 0.6 is 0 Å². The van der Waals surface area contributed by atoms with Crippen LogP contribution < -0.4 is 5.43 Å². The summed E-state index contributed by atoms with van der Waals surface area (Å²) in [7, 11) is 0. The van der Waals surface area contributed by atoms with Crippen molar-refractivity contribution in [1.82, 2.24) is 15.2 Å². The highest BCUT2D eigenvalue weighted by Crippen LogP contribution is 2.39. The van der Waals surface area contributed by atoms with Gasteiger partial charge in [0.25, 0.3) is 5.91 Å². The number of hydrogen-bond acceptors (Lipinski definition) is 4. The van der Waals surface area contributed by atoms with E-state index in [2.05, 4.69) is 45.8 Å². The number of rotatable bonds is 5. The average Bonchev–Trinajstić information content (AvgIpc) is 3.12. The van der Waals surface area contributed by atoms with Gasteiger partial charge in [-0.3, -0.25) is 9.59 Å². The second-order valence-electron chi connectivity index (χ2n) is 8.54. The largest absolute Gasteiger partial charge is 0.337 e. The van der Waals surface area contributed by atoms with E-state index >= 15 is 0 Å². The second kappa shape index (κ2) is 8.43. The van der Waals surface area contributed by atoms with E-state index in [9.17, 15) is 9.59 Å². The van der Waals surface area contributed by atoms with Crippen LogP contribution in [0.5, 0.6) is 0 Å². The van der Waals surface area contributed by atoms with Crippen LogP contribution in [0.15, 0.2) is 35.4 Å². The van der Waals surface area contributed by atoms with E-state index in [1.54, 1.807) is 0 Å². The lowest BCUT2D eigenvalue weighted by Gasteiger charge is -2.40. The van der Waals surface area contributed by atoms with Gasteiger partial charge >= 0.3 is 0 Å². The Bertz CT molecular complexity index is 748. The molecule has 3 heterocycles. The monoisotopic (exact) mass is 382 g/mol. The zero-order valence-electron chi connectivity index (χ0n) is 16.5. The quantitative estimate of drug-likeness (QED) is 0.849. The number of amides is 2. The molecule has 6 nitrogen and oxygen atoms in total. The standard InChI is InChI=1S/C22H30N4O2/c27-20-10-9-19(23-24-20)21(28)26-15-12-22(17-26)11-5-14-25(16-22)13-4-8-18-6-2-1-3-7-18/h1-3,6-7H,4-5,8-17H2,(H,24,27). The lowest BCUT2D eigenvalue weighted by atomic mass is 9.79. The number of aryl methyl sites for hydroxylation is 1. The average molecular weight is 383 g/mol. The van der Waals surface area contributed by atoms with Gasteiger partial charge in [0.15, 0.2) is 0 Å². The minimum absolute atomic E-state index is 0.0121. The van der Waals surface area contributed by atoms with Gasteiger partial charge < -0.3 is 9.80 Å². The molecule has 4 rings (SSSR count). The summed E-state index contributed by atoms with van der Waals surface area (Å²) in [5.41, 5.74) is 4.60. The zero-order chi connectivity index (χ0) is 19.4. The summed E-state index contributed by atoms with van der Waals surface area (Å²) in [6, 6.07) is 10.7. The smallest absolute Gasteiger partial charge is 0.270 e. The Balaban J connectivity index is 1.29. The van der Waals surface area contributed by atoms with E-state index in [1.165, 1.54) is 31.4 Å². The van der Waals surface area contributed by atoms with E-state index in [0.717, 1.165) is 39.0 Å². The molecule has 0 aliphatic carbocycles. The Morgan fingerprint density at radius 3 is 2.75 bits per heavy atom. The van der Waals surface area contributed by atoms with Crippen molar-refractivity contribution in [2.45, 2.75) is 44.9 Å². The van der Waals surface area contributed by atoms with Crippen molar-refractivity contribution in [2.75, 3.05) is 32.7 Å². The number of nitrogens with zero attached hydrogens (tertiary/aromatic N) is 3. The van der Waals surface area contributed by atoms with Gasteiger partial charge in [-0.05, 0) is 50.8 Å². The third-order valence-electron chi connectivity index (χ3n) is 6.40. The summed E-state index contributed by atoms with van der Waals surface area (Å²) in [5.74, 6) is -0.0917. The zero-order valence-corrected chi connectivity index (χ0v) is 16.5. The molecule has 150 valence electrons. The summed E-state index contributed by atoms with van der Waals surface area (Å²) in [5, 5.41) is 3.99. The summed E-state index contributed by atoms with van der Waals surface area (Å²) < 4.78 is 0. The van der Waals surface area contributed by atoms with Crippen molar-refractivity contribution in [3.05, 3.63) is 35.9 Å². The highest BCUT2D eigenvalue weighted by atomic mass is 16.2. The molecule has 1 aromatic carbocycles. The lowest BCUT2D eigenvalue weighted by Crippen LogP contribution is -2.46. The molecule has 1 spiro atoms. The number of carbonyl (C=O) groups excluding carboxylic acids is 2. The highest BCUT2D eigenvalue weighted by Gasteiger charge is 2.43. The number of hydrazone groups is 1. The molecule has 2 saturated heterocycles. The van der Waals surface area contributed by atoms with Crippen molar-refractivity contribution >= 4 is 17.5 Å². The summed E-state index contributed by atoms with van der Waals surface area (Å²) in [4.78, 5) is 28.6. The highest BCUT2D eigenvalue weighted by molar-refractivity contribution is 6.39. The molecule has 6 heteroatoms. The molecule has 2 fully saturated rings. The van der Waals surface area contributed by atoms with Crippen LogP contribution in [-0.2, 0) is 16.0 Å². The number of carbonyl (C=O) groups is 2. The van der Waals surface area contributed by atoms with Crippen LogP contribution in [0.2, 0.25) is 0 Å². The first kappa shape index (κ1) is 19.1. The van der Waals surface area contributed by atoms with Crippen LogP contribution in [0.3, 0.4) is 0 Å². The minimum Gasteiger partial charge on any atom is -0.337 e. The van der Waals surface area contributed by atoms with E-state index in [-0.39, 0.29) is 17.2 Å². The lowest BCUT2D eigenvalue weighted by molar-refractivity contribution is -0.124. The van der Waals surface area contributed by atoms with Crippen molar-refractivity contribution in [1.29, 1.82) is 0 Å². The normalized spacial score (nSPS) is 25.6. The van der Waals surface area contributed by atoms with Crippen molar-refractivity contribution in [3.63, 3.8) is 0 Å². The van der Waals surface area contributed by atoms with E-state index < -0.39 is 0 Å². The van der Waals surface area contributed by atoms with Gasteiger partial charge in [-0.1, -0.05) is 30.3 Å². The summed E-state index contributed by atoms with van der Waals surface area (Å²) in [6.07, 6.45) is 6.62. The summed E-state index contributed by atoms with van der Waals surface area (Å²) >= 11 is 0. The fourth-order valence-electron chi connectivity index (χ4n) is 4.90. The maximum atomic E-state index is 12.8. The first-order chi connectivity index (χ1) is 13.6. The molecular weight excluding hydrogens is 352 g/mol. The minimum atomic E-state index is -0.104. The van der Waals surface area contributed by atoms with Gasteiger partial charge in [-0.25, -0.2) is 5.43 Å². The molecule has 1 aromatic rings. The molecule has 3 aliphatic heterocycles. The maximum Gasteiger partial charge on any atom is 0.270 e. The van der Waals surface area contributed by atoms with Gasteiger partial charge in [0, 0.05) is 37.9 Å². The first-order valence-corrected chi connectivity index (χ1v) is 10.5. The Morgan fingerprint density at radius 2 is 1.96 bits per heavy atom. The summed E-state index contributed by atoms with van der Waals surface area (Å²) in [6.45, 7) is 5.03. The van der Waals surface area contributed by atoms with E-state index in [4.69, 9.17) is 0 Å². The van der Waals surface area contributed by atoms with Crippen LogP contribution in [0.25, 0.3) is 0 Å². The van der Waals surface area contributed by atoms with Gasteiger partial charge in [0.2, 0.25) is 5.91 Å². The third-order valence-corrected chi connectivity index (χ3v) is 6.40. The van der Waals surface area contributed by atoms with Crippen LogP contribution in [0, 0.1) is 5.41 Å². The maximum absolute atomic E-state index is 12.8. The van der Waals surface area contributed by atoms with Crippen molar-refractivity contribution in [3.8, 4) is 0 Å². The van der Waals surface area contributed by atoms with E-state index in [1.807, 2.05) is 4.90 Å². The van der Waals surface area contributed by atoms with Crippen LogP contribution in [0.4, 0.5) is 0 Å². The fraction of sp³-hybridized carbons (Fsp3) is 0.591. The third kappa shape index (κ3) is 4.43. The molecule has 0 bridgehead atoms. The van der Waals surface area contributed by atoms with E-state index in [0.29, 0.717) is 18.6 Å². The first-order valence-electron chi connectivity index (χ1n) is 10.5. The fourth-order valence-corrected chi connectivity index (χ4v) is 4.90.